The first-order chi connectivity index (χ1) is 5.38. The van der Waals surface area contributed by atoms with Crippen molar-refractivity contribution >= 4 is 33.9 Å². The molecular formula is C8H6BrNS. The molecule has 0 N–H and O–H groups in total. The van der Waals surface area contributed by atoms with Crippen molar-refractivity contribution in [3.63, 3.8) is 0 Å². The highest BCUT2D eigenvalue weighted by Gasteiger charge is 2.07. The molecule has 0 saturated carbocycles. The molecule has 0 saturated heterocycles. The summed E-state index contributed by atoms with van der Waals surface area (Å²) in [4.78, 5) is 5.50. The molecular weight excluding hydrogens is 222 g/mol. The van der Waals surface area contributed by atoms with Crippen LogP contribution in [-0.2, 0) is 0 Å². The molecule has 0 atom stereocenters. The fraction of sp³-hybridized carbons (Fsp3) is 0.125. The third-order valence-corrected chi connectivity index (χ3v) is 3.16. The van der Waals surface area contributed by atoms with Crippen molar-refractivity contribution in [1.82, 2.24) is 0 Å². The SMILES string of the molecule is Brc1cccc2c1C=NCS2. The van der Waals surface area contributed by atoms with E-state index in [2.05, 4.69) is 33.1 Å². The fourth-order valence-corrected chi connectivity index (χ4v) is 2.38. The standard InChI is InChI=1S/C8H6BrNS/c9-7-2-1-3-8-6(7)4-10-5-11-8/h1-4H,5H2. The van der Waals surface area contributed by atoms with E-state index >= 15 is 0 Å². The van der Waals surface area contributed by atoms with Crippen molar-refractivity contribution < 1.29 is 0 Å². The predicted molar refractivity (Wildman–Crippen MR) is 52.5 cm³/mol. The van der Waals surface area contributed by atoms with E-state index in [4.69, 9.17) is 0 Å². The van der Waals surface area contributed by atoms with Crippen LogP contribution in [0.5, 0.6) is 0 Å². The van der Waals surface area contributed by atoms with E-state index in [9.17, 15) is 0 Å². The van der Waals surface area contributed by atoms with Gasteiger partial charge in [-0.1, -0.05) is 22.0 Å². The Kier molecular flexibility index (Phi) is 2.00. The number of thioether (sulfide) groups is 1. The van der Waals surface area contributed by atoms with Gasteiger partial charge in [-0.3, -0.25) is 4.99 Å². The normalized spacial score (nSPS) is 14.6. The predicted octanol–water partition coefficient (Wildman–Crippen LogP) is 2.93. The summed E-state index contributed by atoms with van der Waals surface area (Å²) < 4.78 is 1.13. The van der Waals surface area contributed by atoms with Crippen molar-refractivity contribution in [3.05, 3.63) is 28.2 Å². The van der Waals surface area contributed by atoms with Gasteiger partial charge in [-0.25, -0.2) is 0 Å². The van der Waals surface area contributed by atoms with Gasteiger partial charge < -0.3 is 0 Å². The number of benzene rings is 1. The molecule has 2 rings (SSSR count). The van der Waals surface area contributed by atoms with Crippen LogP contribution in [0.4, 0.5) is 0 Å². The maximum atomic E-state index is 4.19. The molecule has 1 aliphatic heterocycles. The molecule has 0 radical (unpaired) electrons. The van der Waals surface area contributed by atoms with Crippen LogP contribution in [0.25, 0.3) is 0 Å². The second kappa shape index (κ2) is 2.99. The summed E-state index contributed by atoms with van der Waals surface area (Å²) in [6.07, 6.45) is 1.93. The molecule has 1 aliphatic rings. The molecule has 1 nitrogen and oxygen atoms in total. The molecule has 11 heavy (non-hydrogen) atoms. The number of nitrogens with zero attached hydrogens (tertiary/aromatic N) is 1. The van der Waals surface area contributed by atoms with Gasteiger partial charge in [-0.05, 0) is 12.1 Å². The highest BCUT2D eigenvalue weighted by molar-refractivity contribution is 9.10. The van der Waals surface area contributed by atoms with Crippen LogP contribution in [0.1, 0.15) is 5.56 Å². The van der Waals surface area contributed by atoms with Gasteiger partial charge in [-0.2, -0.15) is 0 Å². The summed E-state index contributed by atoms with van der Waals surface area (Å²) in [7, 11) is 0. The summed E-state index contributed by atoms with van der Waals surface area (Å²) in [5.41, 5.74) is 1.21. The molecule has 56 valence electrons. The van der Waals surface area contributed by atoms with Crippen molar-refractivity contribution in [1.29, 1.82) is 0 Å². The third-order valence-electron chi connectivity index (χ3n) is 1.53. The minimum absolute atomic E-state index is 0.851. The Labute approximate surface area is 78.0 Å². The first kappa shape index (κ1) is 7.37. The first-order valence-electron chi connectivity index (χ1n) is 3.29. The Morgan fingerprint density at radius 3 is 3.18 bits per heavy atom. The van der Waals surface area contributed by atoms with Crippen LogP contribution < -0.4 is 0 Å². The smallest absolute Gasteiger partial charge is 0.0890 e. The molecule has 0 fully saturated rings. The van der Waals surface area contributed by atoms with Gasteiger partial charge in [0.05, 0.1) is 5.88 Å². The first-order valence-corrected chi connectivity index (χ1v) is 5.07. The average Bonchev–Trinajstić information content (AvgIpc) is 2.06. The van der Waals surface area contributed by atoms with Crippen molar-refractivity contribution in [3.8, 4) is 0 Å². The zero-order valence-corrected chi connectivity index (χ0v) is 8.15. The summed E-state index contributed by atoms with van der Waals surface area (Å²) in [5, 5.41) is 0. The van der Waals surface area contributed by atoms with E-state index in [1.165, 1.54) is 10.5 Å². The number of hydrogen-bond acceptors (Lipinski definition) is 2. The van der Waals surface area contributed by atoms with Crippen LogP contribution in [0, 0.1) is 0 Å². The van der Waals surface area contributed by atoms with Crippen LogP contribution in [0.2, 0.25) is 0 Å². The Morgan fingerprint density at radius 1 is 1.45 bits per heavy atom. The molecule has 1 aromatic carbocycles. The Bertz CT molecular complexity index is 309. The van der Waals surface area contributed by atoms with Crippen LogP contribution >= 0.6 is 27.7 Å². The lowest BCUT2D eigenvalue weighted by Gasteiger charge is -2.09. The summed E-state index contributed by atoms with van der Waals surface area (Å²) in [6, 6.07) is 6.21. The fourth-order valence-electron chi connectivity index (χ4n) is 1.00. The van der Waals surface area contributed by atoms with Gasteiger partial charge in [0.15, 0.2) is 0 Å². The van der Waals surface area contributed by atoms with E-state index < -0.39 is 0 Å². The Hall–Kier alpha value is -0.280. The number of hydrogen-bond donors (Lipinski definition) is 0. The molecule has 1 heterocycles. The lowest BCUT2D eigenvalue weighted by atomic mass is 10.2. The third kappa shape index (κ3) is 1.35. The number of rotatable bonds is 0. The van der Waals surface area contributed by atoms with Crippen LogP contribution in [-0.4, -0.2) is 12.1 Å². The minimum Gasteiger partial charge on any atom is -0.281 e. The molecule has 0 unspecified atom stereocenters. The highest BCUT2D eigenvalue weighted by atomic mass is 79.9. The second-order valence-electron chi connectivity index (χ2n) is 2.24. The van der Waals surface area contributed by atoms with Gasteiger partial charge >= 0.3 is 0 Å². The summed E-state index contributed by atoms with van der Waals surface area (Å²) >= 11 is 5.25. The molecule has 3 heteroatoms. The molecule has 0 aromatic heterocycles. The lowest BCUT2D eigenvalue weighted by molar-refractivity contribution is 1.30. The van der Waals surface area contributed by atoms with Crippen molar-refractivity contribution in [2.45, 2.75) is 4.90 Å². The Balaban J connectivity index is 2.60. The van der Waals surface area contributed by atoms with E-state index in [0.717, 1.165) is 10.3 Å². The molecule has 0 aliphatic carbocycles. The van der Waals surface area contributed by atoms with Gasteiger partial charge in [-0.15, -0.1) is 11.8 Å². The zero-order valence-electron chi connectivity index (χ0n) is 5.75. The van der Waals surface area contributed by atoms with Gasteiger partial charge in [0.1, 0.15) is 0 Å². The number of halogens is 1. The van der Waals surface area contributed by atoms with E-state index in [1.807, 2.05) is 12.3 Å². The van der Waals surface area contributed by atoms with Crippen molar-refractivity contribution in [2.75, 3.05) is 5.88 Å². The van der Waals surface area contributed by atoms with Crippen LogP contribution in [0.15, 0.2) is 32.6 Å². The maximum absolute atomic E-state index is 4.19. The minimum atomic E-state index is 0.851. The van der Waals surface area contributed by atoms with Crippen LogP contribution in [0.3, 0.4) is 0 Å². The second-order valence-corrected chi connectivity index (χ2v) is 4.08. The van der Waals surface area contributed by atoms with E-state index in [1.54, 1.807) is 11.8 Å². The summed E-state index contributed by atoms with van der Waals surface area (Å²) in [6.45, 7) is 0. The van der Waals surface area contributed by atoms with Gasteiger partial charge in [0.25, 0.3) is 0 Å². The van der Waals surface area contributed by atoms with E-state index in [-0.39, 0.29) is 0 Å². The van der Waals surface area contributed by atoms with Gasteiger partial charge in [0, 0.05) is 21.1 Å². The maximum Gasteiger partial charge on any atom is 0.0890 e. The lowest BCUT2D eigenvalue weighted by Crippen LogP contribution is -1.93. The molecule has 0 bridgehead atoms. The number of aliphatic imine (C=N–C) groups is 1. The number of fused-ring (bicyclic) bond motifs is 1. The molecule has 0 amide bonds. The topological polar surface area (TPSA) is 12.4 Å². The van der Waals surface area contributed by atoms with E-state index in [0.29, 0.717) is 0 Å². The molecule has 0 spiro atoms. The average molecular weight is 228 g/mol. The zero-order chi connectivity index (χ0) is 7.68. The van der Waals surface area contributed by atoms with Gasteiger partial charge in [0.2, 0.25) is 0 Å². The van der Waals surface area contributed by atoms with Crippen molar-refractivity contribution in [2.24, 2.45) is 4.99 Å². The quantitative estimate of drug-likeness (QED) is 0.665. The molecule has 1 aromatic rings. The summed E-state index contributed by atoms with van der Waals surface area (Å²) in [5.74, 6) is 0.851. The Morgan fingerprint density at radius 2 is 2.36 bits per heavy atom. The highest BCUT2D eigenvalue weighted by Crippen LogP contribution is 2.29. The largest absolute Gasteiger partial charge is 0.281 e. The monoisotopic (exact) mass is 227 g/mol.